The zero-order valence-electron chi connectivity index (χ0n) is 18.7. The molecule has 1 aromatic heterocycles. The Morgan fingerprint density at radius 2 is 1.94 bits per heavy atom. The van der Waals surface area contributed by atoms with Crippen LogP contribution in [0.25, 0.3) is 0 Å². The Morgan fingerprint density at radius 3 is 2.64 bits per heavy atom. The lowest BCUT2D eigenvalue weighted by Crippen LogP contribution is -2.29. The van der Waals surface area contributed by atoms with Crippen LogP contribution in [0.5, 0.6) is 5.88 Å². The van der Waals surface area contributed by atoms with E-state index in [1.165, 1.54) is 0 Å². The Labute approximate surface area is 218 Å². The van der Waals surface area contributed by atoms with Gasteiger partial charge in [0.1, 0.15) is 16.9 Å². The van der Waals surface area contributed by atoms with Crippen LogP contribution >= 0.6 is 35.1 Å². The maximum atomic E-state index is 12.6. The third-order valence-corrected chi connectivity index (χ3v) is 7.24. The number of hydrogen-bond acceptors (Lipinski definition) is 8. The van der Waals surface area contributed by atoms with Crippen LogP contribution in [-0.4, -0.2) is 43.6 Å². The van der Waals surface area contributed by atoms with E-state index in [-0.39, 0.29) is 23.1 Å². The van der Waals surface area contributed by atoms with Gasteiger partial charge in [0.25, 0.3) is 5.56 Å². The van der Waals surface area contributed by atoms with Crippen molar-refractivity contribution in [1.82, 2.24) is 15.3 Å². The minimum atomic E-state index is -1.08. The predicted molar refractivity (Wildman–Crippen MR) is 141 cm³/mol. The summed E-state index contributed by atoms with van der Waals surface area (Å²) in [7, 11) is 0. The van der Waals surface area contributed by atoms with Gasteiger partial charge in [0.05, 0.1) is 0 Å². The number of aromatic amines is 2. The second kappa shape index (κ2) is 11.1. The molecule has 0 spiro atoms. The largest absolute Gasteiger partial charge is 0.494 e. The van der Waals surface area contributed by atoms with Crippen molar-refractivity contribution in [3.05, 3.63) is 85.5 Å². The van der Waals surface area contributed by atoms with Crippen molar-refractivity contribution < 1.29 is 14.7 Å². The summed E-state index contributed by atoms with van der Waals surface area (Å²) in [5, 5.41) is 15.6. The van der Waals surface area contributed by atoms with Crippen molar-refractivity contribution in [2.24, 2.45) is 4.99 Å². The number of nitrogens with zero attached hydrogens (tertiary/aromatic N) is 1. The van der Waals surface area contributed by atoms with Crippen LogP contribution in [0.15, 0.2) is 68.0 Å². The predicted octanol–water partition coefficient (Wildman–Crippen LogP) is 2.85. The van der Waals surface area contributed by atoms with Gasteiger partial charge in [-0.2, -0.15) is 0 Å². The molecule has 0 saturated carbocycles. The minimum absolute atomic E-state index is 0.102. The summed E-state index contributed by atoms with van der Waals surface area (Å²) in [4.78, 5) is 58.9. The molecule has 0 bridgehead atoms. The van der Waals surface area contributed by atoms with Gasteiger partial charge in [-0.15, -0.1) is 11.8 Å². The molecule has 2 heterocycles. The minimum Gasteiger partial charge on any atom is -0.494 e. The van der Waals surface area contributed by atoms with Gasteiger partial charge in [0, 0.05) is 22.0 Å². The van der Waals surface area contributed by atoms with Crippen molar-refractivity contribution in [2.75, 3.05) is 11.6 Å². The molecular formula is C23H20ClN5O5S2. The average Bonchev–Trinajstić information content (AvgIpc) is 3.16. The summed E-state index contributed by atoms with van der Waals surface area (Å²) in [6.45, 7) is 0. The molecule has 13 heteroatoms. The lowest BCUT2D eigenvalue weighted by molar-refractivity contribution is -0.122. The lowest BCUT2D eigenvalue weighted by atomic mass is 10.0. The Bertz CT molecular complexity index is 1450. The molecule has 1 saturated heterocycles. The van der Waals surface area contributed by atoms with E-state index < -0.39 is 34.3 Å². The van der Waals surface area contributed by atoms with Gasteiger partial charge in [0.2, 0.25) is 17.7 Å². The van der Waals surface area contributed by atoms with Crippen molar-refractivity contribution in [3.63, 3.8) is 0 Å². The molecule has 2 unspecified atom stereocenters. The van der Waals surface area contributed by atoms with Gasteiger partial charge in [0.15, 0.2) is 5.17 Å². The molecule has 3 aromatic rings. The van der Waals surface area contributed by atoms with Crippen LogP contribution in [0.2, 0.25) is 5.02 Å². The molecule has 5 N–H and O–H groups in total. The van der Waals surface area contributed by atoms with Crippen molar-refractivity contribution in [3.8, 4) is 5.88 Å². The highest BCUT2D eigenvalue weighted by molar-refractivity contribution is 8.15. The number of H-pyrrole nitrogens is 2. The molecule has 4 rings (SSSR count). The van der Waals surface area contributed by atoms with Crippen molar-refractivity contribution in [1.29, 1.82) is 0 Å². The molecule has 2 amide bonds. The van der Waals surface area contributed by atoms with Crippen LogP contribution < -0.4 is 21.9 Å². The summed E-state index contributed by atoms with van der Waals surface area (Å²) in [6.07, 6.45) is 1.83. The molecule has 36 heavy (non-hydrogen) atoms. The first-order valence-electron chi connectivity index (χ1n) is 10.5. The maximum Gasteiger partial charge on any atom is 0.328 e. The smallest absolute Gasteiger partial charge is 0.328 e. The Kier molecular flexibility index (Phi) is 7.87. The molecule has 0 radical (unpaired) electrons. The SMILES string of the molecule is CSc1cccc(NC(=O)CC2SC(=NC(c3ccc(Cl)cc3)c3c(O)[nH]c(=O)[nH]c3=O)NC2=O)c1. The van der Waals surface area contributed by atoms with E-state index in [4.69, 9.17) is 11.6 Å². The Morgan fingerprint density at radius 1 is 1.19 bits per heavy atom. The first kappa shape index (κ1) is 25.6. The molecule has 10 nitrogen and oxygen atoms in total. The fraction of sp³-hybridized carbons (Fsp3) is 0.174. The molecule has 2 atom stereocenters. The van der Waals surface area contributed by atoms with Gasteiger partial charge >= 0.3 is 5.69 Å². The second-order valence-electron chi connectivity index (χ2n) is 7.64. The number of halogens is 1. The Hall–Kier alpha value is -3.48. The quantitative estimate of drug-likeness (QED) is 0.286. The van der Waals surface area contributed by atoms with E-state index in [0.29, 0.717) is 16.3 Å². The summed E-state index contributed by atoms with van der Waals surface area (Å²) < 4.78 is 0. The standard InChI is InChI=1S/C23H20ClN5O5S2/c1-35-14-4-2-3-13(9-14)25-16(30)10-15-19(31)29-23(36-15)26-18(11-5-7-12(24)8-6-11)17-20(32)27-22(34)28-21(17)33/h2-9,15,18H,10H2,1H3,(H,25,30)(H,26,29,31)(H3,27,28,32,33,34). The highest BCUT2D eigenvalue weighted by Gasteiger charge is 2.33. The number of amides is 2. The summed E-state index contributed by atoms with van der Waals surface area (Å²) in [5.74, 6) is -1.40. The second-order valence-corrected chi connectivity index (χ2v) is 10.1. The molecular weight excluding hydrogens is 526 g/mol. The number of aromatic hydroxyl groups is 1. The van der Waals surface area contributed by atoms with Crippen molar-refractivity contribution in [2.45, 2.75) is 22.6 Å². The van der Waals surface area contributed by atoms with Crippen LogP contribution in [0.3, 0.4) is 0 Å². The molecule has 1 aliphatic heterocycles. The van der Waals surface area contributed by atoms with E-state index >= 15 is 0 Å². The topological polar surface area (TPSA) is 157 Å². The monoisotopic (exact) mass is 545 g/mol. The number of benzene rings is 2. The average molecular weight is 546 g/mol. The number of anilines is 1. The first-order valence-corrected chi connectivity index (χ1v) is 13.0. The number of rotatable bonds is 7. The van der Waals surface area contributed by atoms with Gasteiger partial charge in [-0.25, -0.2) is 9.79 Å². The maximum absolute atomic E-state index is 12.6. The van der Waals surface area contributed by atoms with Crippen LogP contribution in [0, 0.1) is 0 Å². The van der Waals surface area contributed by atoms with E-state index in [1.807, 2.05) is 24.5 Å². The lowest BCUT2D eigenvalue weighted by Gasteiger charge is -2.14. The fourth-order valence-corrected chi connectivity index (χ4v) is 5.07. The molecule has 2 aromatic carbocycles. The number of amidine groups is 1. The number of thioether (sulfide) groups is 2. The highest BCUT2D eigenvalue weighted by atomic mass is 35.5. The molecule has 1 aliphatic rings. The number of carbonyl (C=O) groups is 2. The van der Waals surface area contributed by atoms with Gasteiger partial charge in [-0.3, -0.25) is 24.4 Å². The number of carbonyl (C=O) groups excluding carboxylic acids is 2. The van der Waals surface area contributed by atoms with Gasteiger partial charge in [-0.05, 0) is 42.2 Å². The van der Waals surface area contributed by atoms with Gasteiger partial charge in [-0.1, -0.05) is 41.6 Å². The summed E-state index contributed by atoms with van der Waals surface area (Å²) >= 11 is 8.55. The number of aromatic nitrogens is 2. The fourth-order valence-electron chi connectivity index (χ4n) is 3.49. The third-order valence-electron chi connectivity index (χ3n) is 5.17. The van der Waals surface area contributed by atoms with Crippen LogP contribution in [0.1, 0.15) is 23.6 Å². The van der Waals surface area contributed by atoms with Crippen LogP contribution in [0.4, 0.5) is 5.69 Å². The summed E-state index contributed by atoms with van der Waals surface area (Å²) in [5.41, 5.74) is -0.821. The zero-order chi connectivity index (χ0) is 25.8. The van der Waals surface area contributed by atoms with E-state index in [1.54, 1.807) is 42.1 Å². The molecule has 1 fully saturated rings. The molecule has 0 aliphatic carbocycles. The molecule has 186 valence electrons. The first-order chi connectivity index (χ1) is 17.2. The van der Waals surface area contributed by atoms with Gasteiger partial charge < -0.3 is 15.7 Å². The number of hydrogen-bond donors (Lipinski definition) is 5. The van der Waals surface area contributed by atoms with E-state index in [9.17, 15) is 24.3 Å². The van der Waals surface area contributed by atoms with E-state index in [2.05, 4.69) is 25.6 Å². The third kappa shape index (κ3) is 6.01. The highest BCUT2D eigenvalue weighted by Crippen LogP contribution is 2.32. The van der Waals surface area contributed by atoms with Crippen LogP contribution in [-0.2, 0) is 9.59 Å². The normalized spacial score (nSPS) is 17.1. The van der Waals surface area contributed by atoms with E-state index in [0.717, 1.165) is 16.7 Å². The number of aliphatic imine (C=N–C) groups is 1. The summed E-state index contributed by atoms with van der Waals surface area (Å²) in [6, 6.07) is 12.7. The zero-order valence-corrected chi connectivity index (χ0v) is 21.1. The number of nitrogens with one attached hydrogen (secondary N) is 4. The Balaban J connectivity index is 1.57. The van der Waals surface area contributed by atoms with Crippen molar-refractivity contribution >= 4 is 57.8 Å².